The van der Waals surface area contributed by atoms with E-state index in [9.17, 15) is 9.59 Å². The van der Waals surface area contributed by atoms with E-state index in [1.54, 1.807) is 24.3 Å². The molecule has 0 radical (unpaired) electrons. The van der Waals surface area contributed by atoms with Crippen molar-refractivity contribution in [1.82, 2.24) is 0 Å². The number of ketones is 1. The molecule has 4 nitrogen and oxygen atoms in total. The monoisotopic (exact) mass is 337 g/mol. The molecule has 3 rings (SSSR count). The number of carbonyl (C=O) groups excluding carboxylic acids is 2. The first-order valence-corrected chi connectivity index (χ1v) is 8.55. The molecule has 1 heterocycles. The number of hydrogen-bond acceptors (Lipinski definition) is 3. The number of carbonyl (C=O) groups is 2. The third-order valence-electron chi connectivity index (χ3n) is 3.54. The summed E-state index contributed by atoms with van der Waals surface area (Å²) in [6, 6.07) is 19.0. The first kappa shape index (κ1) is 16.2. The number of nitrogens with one attached hydrogen (secondary N) is 2. The molecule has 0 saturated heterocycles. The molecule has 0 aliphatic carbocycles. The van der Waals surface area contributed by atoms with Gasteiger partial charge in [0.2, 0.25) is 16.4 Å². The van der Waals surface area contributed by atoms with Gasteiger partial charge < -0.3 is 5.32 Å². The Morgan fingerprint density at radius 1 is 1.04 bits per heavy atom. The minimum Gasteiger partial charge on any atom is -0.325 e. The van der Waals surface area contributed by atoms with Crippen molar-refractivity contribution in [2.24, 2.45) is 0 Å². The molecule has 0 spiro atoms. The number of amides is 1. The molecule has 0 aliphatic rings. The van der Waals surface area contributed by atoms with Crippen LogP contribution in [0.1, 0.15) is 17.3 Å². The van der Waals surface area contributed by atoms with Gasteiger partial charge in [-0.1, -0.05) is 24.3 Å². The minimum absolute atomic E-state index is 0.0220. The van der Waals surface area contributed by atoms with E-state index in [-0.39, 0.29) is 11.7 Å². The molecule has 24 heavy (non-hydrogen) atoms. The lowest BCUT2D eigenvalue weighted by Crippen LogP contribution is -2.16. The lowest BCUT2D eigenvalue weighted by atomic mass is 10.1. The number of thioether (sulfide) groups is 1. The number of H-pyrrole nitrogens is 1. The Morgan fingerprint density at radius 3 is 2.71 bits per heavy atom. The van der Waals surface area contributed by atoms with Gasteiger partial charge in [-0.25, -0.2) is 0 Å². The maximum absolute atomic E-state index is 12.1. The van der Waals surface area contributed by atoms with Gasteiger partial charge in [0.15, 0.2) is 5.78 Å². The van der Waals surface area contributed by atoms with Gasteiger partial charge in [0.1, 0.15) is 0 Å². The molecule has 1 amide bonds. The second-order valence-electron chi connectivity index (χ2n) is 5.38. The fraction of sp³-hybridized carbons (Fsp3) is 0.105. The van der Waals surface area contributed by atoms with Crippen LogP contribution in [0.2, 0.25) is 0 Å². The molecule has 0 aliphatic heterocycles. The topological polar surface area (TPSA) is 60.3 Å². The standard InChI is InChI=1S/C19H16N2O2S/c1-13(22)15-6-4-7-16(11-15)20-18(23)12-24-19-10-9-14-5-2-3-8-17(14)21-19/h2-11H,12H2,1H3,(H,20,23)/p+1. The summed E-state index contributed by atoms with van der Waals surface area (Å²) >= 11 is 1.44. The maximum atomic E-state index is 12.1. The van der Waals surface area contributed by atoms with Gasteiger partial charge in [-0.2, -0.15) is 4.98 Å². The minimum atomic E-state index is -0.109. The number of rotatable bonds is 5. The van der Waals surface area contributed by atoms with E-state index in [2.05, 4.69) is 10.3 Å². The molecular formula is C19H17N2O2S+. The Balaban J connectivity index is 1.62. The zero-order valence-corrected chi connectivity index (χ0v) is 14.0. The van der Waals surface area contributed by atoms with Crippen molar-refractivity contribution in [3.05, 3.63) is 66.2 Å². The van der Waals surface area contributed by atoms with Crippen LogP contribution in [-0.4, -0.2) is 17.4 Å². The fourth-order valence-corrected chi connectivity index (χ4v) is 3.04. The number of anilines is 1. The van der Waals surface area contributed by atoms with Crippen molar-refractivity contribution >= 4 is 40.0 Å². The van der Waals surface area contributed by atoms with Crippen molar-refractivity contribution in [1.29, 1.82) is 0 Å². The number of aromatic amines is 1. The largest absolute Gasteiger partial charge is 0.325 e. The Morgan fingerprint density at radius 2 is 1.88 bits per heavy atom. The molecule has 0 atom stereocenters. The predicted octanol–water partition coefficient (Wildman–Crippen LogP) is 3.59. The first-order valence-electron chi connectivity index (χ1n) is 7.56. The zero-order valence-electron chi connectivity index (χ0n) is 13.2. The molecule has 120 valence electrons. The van der Waals surface area contributed by atoms with Crippen LogP contribution in [0.3, 0.4) is 0 Å². The number of para-hydroxylation sites is 1. The van der Waals surface area contributed by atoms with Crippen LogP contribution in [0.4, 0.5) is 5.69 Å². The quantitative estimate of drug-likeness (QED) is 0.572. The van der Waals surface area contributed by atoms with Gasteiger partial charge in [0.25, 0.3) is 0 Å². The van der Waals surface area contributed by atoms with Gasteiger partial charge >= 0.3 is 0 Å². The molecule has 2 N–H and O–H groups in total. The first-order chi connectivity index (χ1) is 11.6. The average Bonchev–Trinajstić information content (AvgIpc) is 2.60. The lowest BCUT2D eigenvalue weighted by Gasteiger charge is -2.05. The second-order valence-corrected chi connectivity index (χ2v) is 6.40. The van der Waals surface area contributed by atoms with Crippen LogP contribution in [0.15, 0.2) is 65.7 Å². The number of fused-ring (bicyclic) bond motifs is 1. The molecule has 2 aromatic carbocycles. The smallest absolute Gasteiger partial charge is 0.239 e. The maximum Gasteiger partial charge on any atom is 0.239 e. The molecule has 3 aromatic rings. The highest BCUT2D eigenvalue weighted by atomic mass is 32.2. The van der Waals surface area contributed by atoms with Crippen molar-refractivity contribution in [2.75, 3.05) is 11.1 Å². The molecule has 1 aromatic heterocycles. The van der Waals surface area contributed by atoms with Crippen LogP contribution in [0, 0.1) is 0 Å². The number of aromatic nitrogens is 1. The van der Waals surface area contributed by atoms with Crippen LogP contribution in [0.25, 0.3) is 10.9 Å². The van der Waals surface area contributed by atoms with Gasteiger partial charge in [-0.05, 0) is 43.0 Å². The molecule has 0 fully saturated rings. The second kappa shape index (κ2) is 7.27. The summed E-state index contributed by atoms with van der Waals surface area (Å²) in [6.07, 6.45) is 0. The molecular weight excluding hydrogens is 320 g/mol. The number of hydrogen-bond donors (Lipinski definition) is 1. The van der Waals surface area contributed by atoms with E-state index in [4.69, 9.17) is 0 Å². The van der Waals surface area contributed by atoms with E-state index < -0.39 is 0 Å². The summed E-state index contributed by atoms with van der Waals surface area (Å²) in [7, 11) is 0. The summed E-state index contributed by atoms with van der Waals surface area (Å²) in [5.74, 6) is 0.160. The molecule has 0 unspecified atom stereocenters. The summed E-state index contributed by atoms with van der Waals surface area (Å²) in [5, 5.41) is 4.88. The summed E-state index contributed by atoms with van der Waals surface area (Å²) in [5.41, 5.74) is 2.26. The normalized spacial score (nSPS) is 10.5. The summed E-state index contributed by atoms with van der Waals surface area (Å²) in [6.45, 7) is 1.51. The van der Waals surface area contributed by atoms with Gasteiger partial charge in [0.05, 0.1) is 5.75 Å². The van der Waals surface area contributed by atoms with Crippen LogP contribution >= 0.6 is 11.8 Å². The van der Waals surface area contributed by atoms with Crippen molar-refractivity contribution < 1.29 is 14.6 Å². The average molecular weight is 337 g/mol. The van der Waals surface area contributed by atoms with E-state index >= 15 is 0 Å². The van der Waals surface area contributed by atoms with Gasteiger partial charge in [-0.15, -0.1) is 0 Å². The van der Waals surface area contributed by atoms with Crippen LogP contribution in [-0.2, 0) is 4.79 Å². The Kier molecular flexibility index (Phi) is 4.91. The van der Waals surface area contributed by atoms with Crippen LogP contribution < -0.4 is 10.3 Å². The lowest BCUT2D eigenvalue weighted by molar-refractivity contribution is -0.395. The van der Waals surface area contributed by atoms with Crippen molar-refractivity contribution in [3.8, 4) is 0 Å². The van der Waals surface area contributed by atoms with Crippen molar-refractivity contribution in [2.45, 2.75) is 11.9 Å². The molecule has 0 saturated carbocycles. The van der Waals surface area contributed by atoms with Crippen molar-refractivity contribution in [3.63, 3.8) is 0 Å². The van der Waals surface area contributed by atoms with Gasteiger partial charge in [-0.3, -0.25) is 9.59 Å². The highest BCUT2D eigenvalue weighted by Crippen LogP contribution is 2.17. The summed E-state index contributed by atoms with van der Waals surface area (Å²) in [4.78, 5) is 26.8. The number of pyridine rings is 1. The number of benzene rings is 2. The molecule has 0 bridgehead atoms. The highest BCUT2D eigenvalue weighted by Gasteiger charge is 2.10. The highest BCUT2D eigenvalue weighted by molar-refractivity contribution is 7.99. The Bertz CT molecular complexity index is 909. The van der Waals surface area contributed by atoms with E-state index in [0.717, 1.165) is 15.9 Å². The van der Waals surface area contributed by atoms with Crippen LogP contribution in [0.5, 0.6) is 0 Å². The number of Topliss-reactive ketones (excluding diaryl/α,β-unsaturated/α-hetero) is 1. The van der Waals surface area contributed by atoms with E-state index in [1.807, 2.05) is 36.4 Å². The summed E-state index contributed by atoms with van der Waals surface area (Å²) < 4.78 is 0. The zero-order chi connectivity index (χ0) is 16.9. The molecule has 5 heteroatoms. The third kappa shape index (κ3) is 4.00. The third-order valence-corrected chi connectivity index (χ3v) is 4.50. The fourth-order valence-electron chi connectivity index (χ4n) is 2.34. The Labute approximate surface area is 144 Å². The van der Waals surface area contributed by atoms with Gasteiger partial charge in [0, 0.05) is 28.8 Å². The van der Waals surface area contributed by atoms with E-state index in [1.165, 1.54) is 18.7 Å². The SMILES string of the molecule is CC(=O)c1cccc(NC(=O)CSc2ccc3ccccc3[nH+]2)c1. The van der Waals surface area contributed by atoms with E-state index in [0.29, 0.717) is 17.0 Å². The predicted molar refractivity (Wildman–Crippen MR) is 96.3 cm³/mol. The Hall–Kier alpha value is -2.66.